The van der Waals surface area contributed by atoms with Crippen molar-refractivity contribution >= 4 is 22.9 Å². The summed E-state index contributed by atoms with van der Waals surface area (Å²) in [4.78, 5) is 11.7. The number of benzene rings is 1. The predicted octanol–water partition coefficient (Wildman–Crippen LogP) is 3.24. The van der Waals surface area contributed by atoms with E-state index in [0.717, 1.165) is 11.3 Å². The van der Waals surface area contributed by atoms with Crippen LogP contribution in [-0.2, 0) is 11.2 Å². The predicted molar refractivity (Wildman–Crippen MR) is 67.8 cm³/mol. The number of carbonyl (C=O) groups excluding carboxylic acids is 1. The standard InChI is InChI=1S/C13H13NOS/c1-10-2-4-12(5-3-10)14-13(15)8-11-6-7-16-9-11/h2-7,9H,8H2,1H3,(H,14,15). The van der Waals surface area contributed by atoms with Crippen molar-refractivity contribution in [2.75, 3.05) is 5.32 Å². The summed E-state index contributed by atoms with van der Waals surface area (Å²) in [6.07, 6.45) is 0.442. The molecular formula is C13H13NOS. The Bertz CT molecular complexity index is 459. The van der Waals surface area contributed by atoms with Crippen molar-refractivity contribution in [3.8, 4) is 0 Å². The minimum absolute atomic E-state index is 0.0299. The van der Waals surface area contributed by atoms with Crippen LogP contribution in [0.25, 0.3) is 0 Å². The molecule has 1 aromatic carbocycles. The van der Waals surface area contributed by atoms with Gasteiger partial charge in [-0.15, -0.1) is 0 Å². The maximum atomic E-state index is 11.7. The average molecular weight is 231 g/mol. The lowest BCUT2D eigenvalue weighted by atomic mass is 10.2. The highest BCUT2D eigenvalue weighted by Gasteiger charge is 2.03. The second-order valence-corrected chi connectivity index (χ2v) is 4.50. The van der Waals surface area contributed by atoms with Gasteiger partial charge in [0.25, 0.3) is 0 Å². The van der Waals surface area contributed by atoms with E-state index in [1.165, 1.54) is 5.56 Å². The molecule has 3 heteroatoms. The topological polar surface area (TPSA) is 29.1 Å². The molecule has 0 saturated heterocycles. The lowest BCUT2D eigenvalue weighted by molar-refractivity contribution is -0.115. The summed E-state index contributed by atoms with van der Waals surface area (Å²) < 4.78 is 0. The minimum Gasteiger partial charge on any atom is -0.326 e. The highest BCUT2D eigenvalue weighted by atomic mass is 32.1. The van der Waals surface area contributed by atoms with Crippen molar-refractivity contribution in [1.82, 2.24) is 0 Å². The molecule has 0 atom stereocenters. The Kier molecular flexibility index (Phi) is 3.37. The molecule has 82 valence electrons. The zero-order valence-corrected chi connectivity index (χ0v) is 9.88. The summed E-state index contributed by atoms with van der Waals surface area (Å²) in [6.45, 7) is 2.02. The van der Waals surface area contributed by atoms with Gasteiger partial charge in [0.05, 0.1) is 6.42 Å². The second-order valence-electron chi connectivity index (χ2n) is 3.72. The molecule has 0 aliphatic rings. The fraction of sp³-hybridized carbons (Fsp3) is 0.154. The summed E-state index contributed by atoms with van der Waals surface area (Å²) in [7, 11) is 0. The quantitative estimate of drug-likeness (QED) is 0.863. The van der Waals surface area contributed by atoms with Crippen LogP contribution in [0.5, 0.6) is 0 Å². The van der Waals surface area contributed by atoms with Gasteiger partial charge in [0.15, 0.2) is 0 Å². The number of anilines is 1. The van der Waals surface area contributed by atoms with Crippen molar-refractivity contribution in [3.05, 3.63) is 52.2 Å². The van der Waals surface area contributed by atoms with Crippen LogP contribution in [0.2, 0.25) is 0 Å². The molecule has 0 aliphatic heterocycles. The summed E-state index contributed by atoms with van der Waals surface area (Å²) in [6, 6.07) is 9.78. The van der Waals surface area contributed by atoms with Gasteiger partial charge in [-0.1, -0.05) is 17.7 Å². The van der Waals surface area contributed by atoms with E-state index in [9.17, 15) is 4.79 Å². The second kappa shape index (κ2) is 4.94. The monoisotopic (exact) mass is 231 g/mol. The summed E-state index contributed by atoms with van der Waals surface area (Å²) in [5.41, 5.74) is 3.11. The fourth-order valence-corrected chi connectivity index (χ4v) is 2.09. The average Bonchev–Trinajstić information content (AvgIpc) is 2.74. The Labute approximate surface area is 98.9 Å². The number of aryl methyl sites for hydroxylation is 1. The summed E-state index contributed by atoms with van der Waals surface area (Å²) in [5, 5.41) is 6.85. The third-order valence-corrected chi connectivity index (χ3v) is 3.01. The fourth-order valence-electron chi connectivity index (χ4n) is 1.42. The molecule has 1 amide bonds. The van der Waals surface area contributed by atoms with E-state index < -0.39 is 0 Å². The SMILES string of the molecule is Cc1ccc(NC(=O)Cc2ccsc2)cc1. The normalized spacial score (nSPS) is 10.1. The molecule has 2 aromatic rings. The van der Waals surface area contributed by atoms with Crippen LogP contribution >= 0.6 is 11.3 Å². The first-order chi connectivity index (χ1) is 7.74. The van der Waals surface area contributed by atoms with E-state index in [-0.39, 0.29) is 5.91 Å². The number of hydrogen-bond donors (Lipinski definition) is 1. The summed E-state index contributed by atoms with van der Waals surface area (Å²) in [5.74, 6) is 0.0299. The largest absolute Gasteiger partial charge is 0.326 e. The molecule has 0 aliphatic carbocycles. The van der Waals surface area contributed by atoms with Gasteiger partial charge in [-0.3, -0.25) is 4.79 Å². The Balaban J connectivity index is 1.95. The van der Waals surface area contributed by atoms with Crippen molar-refractivity contribution in [1.29, 1.82) is 0 Å². The van der Waals surface area contributed by atoms with Crippen LogP contribution in [0.4, 0.5) is 5.69 Å². The molecule has 1 N–H and O–H groups in total. The number of carbonyl (C=O) groups is 1. The van der Waals surface area contributed by atoms with Gasteiger partial charge in [0.2, 0.25) is 5.91 Å². The molecule has 0 unspecified atom stereocenters. The van der Waals surface area contributed by atoms with Crippen LogP contribution in [-0.4, -0.2) is 5.91 Å². The van der Waals surface area contributed by atoms with Gasteiger partial charge < -0.3 is 5.32 Å². The minimum atomic E-state index is 0.0299. The maximum Gasteiger partial charge on any atom is 0.228 e. The smallest absolute Gasteiger partial charge is 0.228 e. The number of hydrogen-bond acceptors (Lipinski definition) is 2. The number of nitrogens with one attached hydrogen (secondary N) is 1. The van der Waals surface area contributed by atoms with E-state index >= 15 is 0 Å². The Morgan fingerprint density at radius 2 is 2.00 bits per heavy atom. The zero-order chi connectivity index (χ0) is 11.4. The zero-order valence-electron chi connectivity index (χ0n) is 9.07. The van der Waals surface area contributed by atoms with E-state index in [0.29, 0.717) is 6.42 Å². The van der Waals surface area contributed by atoms with Gasteiger partial charge in [-0.25, -0.2) is 0 Å². The molecule has 1 aromatic heterocycles. The number of thiophene rings is 1. The molecular weight excluding hydrogens is 218 g/mol. The van der Waals surface area contributed by atoms with Crippen LogP contribution < -0.4 is 5.32 Å². The molecule has 2 nitrogen and oxygen atoms in total. The van der Waals surface area contributed by atoms with Crippen molar-refractivity contribution < 1.29 is 4.79 Å². The Morgan fingerprint density at radius 3 is 2.62 bits per heavy atom. The van der Waals surface area contributed by atoms with Gasteiger partial charge in [-0.05, 0) is 41.4 Å². The number of amides is 1. The molecule has 1 heterocycles. The van der Waals surface area contributed by atoms with Crippen molar-refractivity contribution in [3.63, 3.8) is 0 Å². The van der Waals surface area contributed by atoms with Crippen LogP contribution in [0.3, 0.4) is 0 Å². The highest BCUT2D eigenvalue weighted by Crippen LogP contribution is 2.11. The van der Waals surface area contributed by atoms with Crippen LogP contribution in [0.15, 0.2) is 41.1 Å². The van der Waals surface area contributed by atoms with E-state index in [1.807, 2.05) is 48.0 Å². The highest BCUT2D eigenvalue weighted by molar-refractivity contribution is 7.08. The first-order valence-corrected chi connectivity index (χ1v) is 6.06. The van der Waals surface area contributed by atoms with Gasteiger partial charge in [0, 0.05) is 5.69 Å². The van der Waals surface area contributed by atoms with Gasteiger partial charge >= 0.3 is 0 Å². The van der Waals surface area contributed by atoms with E-state index in [4.69, 9.17) is 0 Å². The third-order valence-electron chi connectivity index (χ3n) is 2.28. The van der Waals surface area contributed by atoms with Crippen LogP contribution in [0, 0.1) is 6.92 Å². The molecule has 16 heavy (non-hydrogen) atoms. The van der Waals surface area contributed by atoms with Crippen molar-refractivity contribution in [2.24, 2.45) is 0 Å². The number of rotatable bonds is 3. The molecule has 0 spiro atoms. The lowest BCUT2D eigenvalue weighted by Gasteiger charge is -2.04. The molecule has 2 rings (SSSR count). The van der Waals surface area contributed by atoms with Crippen LogP contribution in [0.1, 0.15) is 11.1 Å². The van der Waals surface area contributed by atoms with E-state index in [2.05, 4.69) is 5.32 Å². The summed E-state index contributed by atoms with van der Waals surface area (Å²) >= 11 is 1.61. The Hall–Kier alpha value is -1.61. The van der Waals surface area contributed by atoms with Crippen molar-refractivity contribution in [2.45, 2.75) is 13.3 Å². The first kappa shape index (κ1) is 10.9. The lowest BCUT2D eigenvalue weighted by Crippen LogP contribution is -2.13. The molecule has 0 saturated carbocycles. The van der Waals surface area contributed by atoms with E-state index in [1.54, 1.807) is 11.3 Å². The first-order valence-electron chi connectivity index (χ1n) is 5.11. The molecule has 0 radical (unpaired) electrons. The Morgan fingerprint density at radius 1 is 1.25 bits per heavy atom. The van der Waals surface area contributed by atoms with Gasteiger partial charge in [0.1, 0.15) is 0 Å². The van der Waals surface area contributed by atoms with Gasteiger partial charge in [-0.2, -0.15) is 11.3 Å². The molecule has 0 bridgehead atoms. The molecule has 0 fully saturated rings. The maximum absolute atomic E-state index is 11.7. The third kappa shape index (κ3) is 2.94.